The fraction of sp³-hybridized carbons (Fsp3) is 0.524. The first kappa shape index (κ1) is 19.6. The summed E-state index contributed by atoms with van der Waals surface area (Å²) in [5, 5.41) is 4.53. The van der Waals surface area contributed by atoms with Gasteiger partial charge in [0.1, 0.15) is 0 Å². The van der Waals surface area contributed by atoms with Crippen molar-refractivity contribution in [3.8, 4) is 5.69 Å². The third-order valence-electron chi connectivity index (χ3n) is 4.90. The van der Waals surface area contributed by atoms with Crippen LogP contribution in [-0.4, -0.2) is 71.9 Å². The summed E-state index contributed by atoms with van der Waals surface area (Å²) in [7, 11) is 4.05. The maximum atomic E-state index is 13.2. The molecule has 1 aliphatic heterocycles. The lowest BCUT2D eigenvalue weighted by Crippen LogP contribution is -2.41. The van der Waals surface area contributed by atoms with Gasteiger partial charge in [0.2, 0.25) is 0 Å². The van der Waals surface area contributed by atoms with Crippen molar-refractivity contribution in [1.82, 2.24) is 19.6 Å². The summed E-state index contributed by atoms with van der Waals surface area (Å²) < 4.78 is 7.65. The van der Waals surface area contributed by atoms with E-state index >= 15 is 0 Å². The summed E-state index contributed by atoms with van der Waals surface area (Å²) in [5.41, 5.74) is 3.63. The second-order valence-electron chi connectivity index (χ2n) is 7.58. The Morgan fingerprint density at radius 3 is 2.70 bits per heavy atom. The van der Waals surface area contributed by atoms with Crippen LogP contribution in [0, 0.1) is 13.8 Å². The molecule has 0 radical (unpaired) electrons. The Labute approximate surface area is 161 Å². The largest absolute Gasteiger partial charge is 0.376 e. The molecule has 1 atom stereocenters. The molecule has 0 bridgehead atoms. The Morgan fingerprint density at radius 1 is 1.26 bits per heavy atom. The smallest absolute Gasteiger partial charge is 0.254 e. The molecule has 1 aliphatic rings. The van der Waals surface area contributed by atoms with E-state index in [0.717, 1.165) is 43.1 Å². The fourth-order valence-electron chi connectivity index (χ4n) is 3.47. The van der Waals surface area contributed by atoms with Crippen molar-refractivity contribution < 1.29 is 9.53 Å². The van der Waals surface area contributed by atoms with E-state index in [1.165, 1.54) is 0 Å². The number of amides is 1. The average molecular weight is 370 g/mol. The zero-order valence-corrected chi connectivity index (χ0v) is 16.8. The average Bonchev–Trinajstić information content (AvgIpc) is 3.27. The van der Waals surface area contributed by atoms with Crippen molar-refractivity contribution in [3.63, 3.8) is 0 Å². The first-order valence-electron chi connectivity index (χ1n) is 9.63. The summed E-state index contributed by atoms with van der Waals surface area (Å²) in [6.45, 7) is 6.97. The van der Waals surface area contributed by atoms with E-state index in [0.29, 0.717) is 18.7 Å². The van der Waals surface area contributed by atoms with E-state index in [-0.39, 0.29) is 12.0 Å². The molecule has 146 valence electrons. The number of carbonyl (C=O) groups is 1. The van der Waals surface area contributed by atoms with Crippen LogP contribution in [0.5, 0.6) is 0 Å². The number of nitrogens with zero attached hydrogens (tertiary/aromatic N) is 4. The van der Waals surface area contributed by atoms with Gasteiger partial charge in [-0.2, -0.15) is 5.10 Å². The van der Waals surface area contributed by atoms with E-state index in [9.17, 15) is 4.79 Å². The van der Waals surface area contributed by atoms with Gasteiger partial charge >= 0.3 is 0 Å². The fourth-order valence-corrected chi connectivity index (χ4v) is 3.47. The van der Waals surface area contributed by atoms with Crippen LogP contribution >= 0.6 is 0 Å². The molecule has 0 aliphatic carbocycles. The van der Waals surface area contributed by atoms with Gasteiger partial charge in [0.15, 0.2) is 0 Å². The molecule has 1 aromatic carbocycles. The quantitative estimate of drug-likeness (QED) is 0.752. The summed E-state index contributed by atoms with van der Waals surface area (Å²) in [6, 6.07) is 9.76. The molecular formula is C21H30N4O2. The minimum Gasteiger partial charge on any atom is -0.376 e. The van der Waals surface area contributed by atoms with Crippen LogP contribution in [0.15, 0.2) is 30.3 Å². The highest BCUT2D eigenvalue weighted by Crippen LogP contribution is 2.18. The van der Waals surface area contributed by atoms with Gasteiger partial charge in [0, 0.05) is 37.5 Å². The molecule has 3 rings (SSSR count). The van der Waals surface area contributed by atoms with Crippen molar-refractivity contribution >= 4 is 5.91 Å². The van der Waals surface area contributed by atoms with Crippen LogP contribution < -0.4 is 0 Å². The van der Waals surface area contributed by atoms with Crippen molar-refractivity contribution in [3.05, 3.63) is 47.3 Å². The summed E-state index contributed by atoms with van der Waals surface area (Å²) in [5.74, 6) is 0.0516. The second kappa shape index (κ2) is 8.67. The zero-order valence-electron chi connectivity index (χ0n) is 16.8. The maximum absolute atomic E-state index is 13.2. The molecule has 2 heterocycles. The molecule has 1 aromatic heterocycles. The van der Waals surface area contributed by atoms with Gasteiger partial charge in [0.25, 0.3) is 5.91 Å². The summed E-state index contributed by atoms with van der Waals surface area (Å²) in [6.07, 6.45) is 2.25. The summed E-state index contributed by atoms with van der Waals surface area (Å²) >= 11 is 0. The Kier molecular flexibility index (Phi) is 6.29. The van der Waals surface area contributed by atoms with Gasteiger partial charge in [-0.1, -0.05) is 6.07 Å². The van der Waals surface area contributed by atoms with Crippen LogP contribution in [0.4, 0.5) is 0 Å². The first-order valence-corrected chi connectivity index (χ1v) is 9.63. The number of aryl methyl sites for hydroxylation is 2. The molecule has 6 heteroatoms. The minimum absolute atomic E-state index is 0.0516. The lowest BCUT2D eigenvalue weighted by Gasteiger charge is -2.27. The maximum Gasteiger partial charge on any atom is 0.254 e. The van der Waals surface area contributed by atoms with Gasteiger partial charge < -0.3 is 14.5 Å². The summed E-state index contributed by atoms with van der Waals surface area (Å²) in [4.78, 5) is 17.3. The molecule has 1 fully saturated rings. The van der Waals surface area contributed by atoms with Gasteiger partial charge in [-0.05, 0) is 65.0 Å². The monoisotopic (exact) mass is 370 g/mol. The Morgan fingerprint density at radius 2 is 2.07 bits per heavy atom. The number of hydrogen-bond acceptors (Lipinski definition) is 4. The number of rotatable bonds is 7. The molecule has 0 unspecified atom stereocenters. The van der Waals surface area contributed by atoms with E-state index in [1.807, 2.05) is 67.9 Å². The van der Waals surface area contributed by atoms with Crippen molar-refractivity contribution in [1.29, 1.82) is 0 Å². The zero-order chi connectivity index (χ0) is 19.4. The van der Waals surface area contributed by atoms with Crippen LogP contribution in [0.2, 0.25) is 0 Å². The Hall–Kier alpha value is -2.18. The molecule has 0 spiro atoms. The highest BCUT2D eigenvalue weighted by atomic mass is 16.5. The van der Waals surface area contributed by atoms with E-state index in [1.54, 1.807) is 0 Å². The van der Waals surface area contributed by atoms with Gasteiger partial charge in [-0.3, -0.25) is 4.79 Å². The van der Waals surface area contributed by atoms with Crippen LogP contribution in [0.25, 0.3) is 5.69 Å². The molecule has 27 heavy (non-hydrogen) atoms. The van der Waals surface area contributed by atoms with Crippen molar-refractivity contribution in [2.24, 2.45) is 0 Å². The van der Waals surface area contributed by atoms with Crippen molar-refractivity contribution in [2.75, 3.05) is 40.3 Å². The van der Waals surface area contributed by atoms with Crippen molar-refractivity contribution in [2.45, 2.75) is 32.8 Å². The van der Waals surface area contributed by atoms with Crippen LogP contribution in [-0.2, 0) is 4.74 Å². The number of aromatic nitrogens is 2. The third kappa shape index (κ3) is 4.96. The third-order valence-corrected chi connectivity index (χ3v) is 4.90. The predicted octanol–water partition coefficient (Wildman–Crippen LogP) is 2.67. The van der Waals surface area contributed by atoms with E-state index in [4.69, 9.17) is 4.74 Å². The molecular weight excluding hydrogens is 340 g/mol. The molecule has 1 saturated heterocycles. The number of likely N-dealkylation sites (N-methyl/N-ethyl adjacent to an activating group) is 1. The number of hydrogen-bond donors (Lipinski definition) is 0. The van der Waals surface area contributed by atoms with Crippen LogP contribution in [0.3, 0.4) is 0 Å². The van der Waals surface area contributed by atoms with Gasteiger partial charge in [-0.15, -0.1) is 0 Å². The van der Waals surface area contributed by atoms with Crippen LogP contribution in [0.1, 0.15) is 34.6 Å². The first-order chi connectivity index (χ1) is 12.9. The second-order valence-corrected chi connectivity index (χ2v) is 7.58. The molecule has 6 nitrogen and oxygen atoms in total. The standard InChI is InChI=1S/C21H30N4O2/c1-16-13-17(2)25(22-16)19-8-5-7-18(14-19)21(26)24(11-10-23(3)4)15-20-9-6-12-27-20/h5,7-8,13-14,20H,6,9-12,15H2,1-4H3/t20-/m1/s1. The molecule has 0 N–H and O–H groups in total. The highest BCUT2D eigenvalue weighted by Gasteiger charge is 2.23. The number of benzene rings is 1. The molecule has 2 aromatic rings. The molecule has 1 amide bonds. The van der Waals surface area contributed by atoms with Gasteiger partial charge in [-0.25, -0.2) is 4.68 Å². The predicted molar refractivity (Wildman–Crippen MR) is 106 cm³/mol. The lowest BCUT2D eigenvalue weighted by molar-refractivity contribution is 0.0512. The highest BCUT2D eigenvalue weighted by molar-refractivity contribution is 5.94. The Bertz CT molecular complexity index is 778. The normalized spacial score (nSPS) is 16.9. The Balaban J connectivity index is 1.81. The van der Waals surface area contributed by atoms with E-state index in [2.05, 4.69) is 10.00 Å². The molecule has 0 saturated carbocycles. The minimum atomic E-state index is 0.0516. The van der Waals surface area contributed by atoms with E-state index < -0.39 is 0 Å². The lowest BCUT2D eigenvalue weighted by atomic mass is 10.1. The number of carbonyl (C=O) groups excluding carboxylic acids is 1. The van der Waals surface area contributed by atoms with Gasteiger partial charge in [0.05, 0.1) is 17.5 Å². The SMILES string of the molecule is Cc1cc(C)n(-c2cccc(C(=O)N(CCN(C)C)C[C@H]3CCCO3)c2)n1. The number of ether oxygens (including phenoxy) is 1. The topological polar surface area (TPSA) is 50.6 Å².